The summed E-state index contributed by atoms with van der Waals surface area (Å²) in [6.45, 7) is 11.8. The average molecular weight is 587 g/mol. The molecule has 3 N–H and O–H groups in total. The summed E-state index contributed by atoms with van der Waals surface area (Å²) in [4.78, 5) is 13.3. The lowest BCUT2D eigenvalue weighted by atomic mass is 9.87. The van der Waals surface area contributed by atoms with Gasteiger partial charge < -0.3 is 4.90 Å². The Bertz CT molecular complexity index is 1590. The van der Waals surface area contributed by atoms with Crippen LogP contribution in [-0.4, -0.2) is 69.4 Å². The zero-order valence-electron chi connectivity index (χ0n) is 23.3. The van der Waals surface area contributed by atoms with E-state index in [0.29, 0.717) is 36.1 Å². The number of hydrogen-bond donors (Lipinski definition) is 3. The van der Waals surface area contributed by atoms with Crippen LogP contribution in [0.2, 0.25) is 0 Å². The summed E-state index contributed by atoms with van der Waals surface area (Å²) in [5.74, 6) is 0.994. The summed E-state index contributed by atoms with van der Waals surface area (Å²) in [5.41, 5.74) is 5.02. The number of sulfonamides is 1. The second-order valence-electron chi connectivity index (χ2n) is 10.5. The topological polar surface area (TPSA) is 154 Å². The first-order valence-corrected chi connectivity index (χ1v) is 15.7. The van der Waals surface area contributed by atoms with E-state index in [4.69, 9.17) is 19.6 Å². The van der Waals surface area contributed by atoms with E-state index in [1.165, 1.54) is 4.79 Å². The molecule has 0 amide bonds. The molecule has 40 heavy (non-hydrogen) atoms. The molecule has 0 aliphatic carbocycles. The summed E-state index contributed by atoms with van der Waals surface area (Å²) in [6.07, 6.45) is 1.15. The molecule has 12 nitrogen and oxygen atoms in total. The highest BCUT2D eigenvalue weighted by atomic mass is 32.2. The molecule has 3 aromatic rings. The Labute approximate surface area is 237 Å². The van der Waals surface area contributed by atoms with Crippen molar-refractivity contribution in [3.63, 3.8) is 0 Å². The first-order chi connectivity index (χ1) is 18.7. The Balaban J connectivity index is 1.65. The maximum atomic E-state index is 11.4. The molecule has 0 radical (unpaired) electrons. The molecule has 0 fully saturated rings. The Morgan fingerprint density at radius 3 is 2.42 bits per heavy atom. The smallest absolute Gasteiger partial charge is 0.259 e. The standard InChI is InChI=1S/C26H34N8O4S2/c1-7-33(15-14-27-40(6,37)38)20-12-13-21(17(2)16-20)28-22-23(26(3,4)5)30-34-25(22)29-24(31-34)18-8-10-19(11-9-18)32-39(35)36/h8-13,16,27,32H,7,14-15H2,1-6H3,(H,35,36). The van der Waals surface area contributed by atoms with Crippen molar-refractivity contribution in [2.45, 2.75) is 34.6 Å². The second-order valence-corrected chi connectivity index (χ2v) is 13.0. The summed E-state index contributed by atoms with van der Waals surface area (Å²) < 4.78 is 47.9. The zero-order valence-corrected chi connectivity index (χ0v) is 25.0. The highest BCUT2D eigenvalue weighted by Gasteiger charge is 2.35. The molecule has 1 unspecified atom stereocenters. The van der Waals surface area contributed by atoms with Crippen LogP contribution in [0.15, 0.2) is 52.6 Å². The number of nitrogens with one attached hydrogen (secondary N) is 2. The third kappa shape index (κ3) is 6.99. The molecule has 1 atom stereocenters. The molecular weight excluding hydrogens is 552 g/mol. The van der Waals surface area contributed by atoms with E-state index < -0.39 is 21.3 Å². The molecule has 4 rings (SSSR count). The van der Waals surface area contributed by atoms with E-state index in [1.54, 1.807) is 24.3 Å². The minimum Gasteiger partial charge on any atom is -0.370 e. The molecule has 0 spiro atoms. The van der Waals surface area contributed by atoms with E-state index in [2.05, 4.69) is 40.2 Å². The lowest BCUT2D eigenvalue weighted by molar-refractivity contribution is 0.570. The summed E-state index contributed by atoms with van der Waals surface area (Å²) in [5, 5.41) is 9.30. The number of rotatable bonds is 10. The van der Waals surface area contributed by atoms with Gasteiger partial charge >= 0.3 is 0 Å². The van der Waals surface area contributed by atoms with Crippen LogP contribution in [-0.2, 0) is 21.3 Å². The predicted octanol–water partition coefficient (Wildman–Crippen LogP) is 3.56. The van der Waals surface area contributed by atoms with E-state index >= 15 is 0 Å². The molecular formula is C26H34N8O4S2. The van der Waals surface area contributed by atoms with Crippen molar-refractivity contribution in [3.05, 3.63) is 53.9 Å². The molecule has 1 aromatic heterocycles. The van der Waals surface area contributed by atoms with Crippen LogP contribution < -0.4 is 14.3 Å². The largest absolute Gasteiger partial charge is 0.370 e. The van der Waals surface area contributed by atoms with Crippen LogP contribution >= 0.6 is 0 Å². The second kappa shape index (κ2) is 11.6. The maximum absolute atomic E-state index is 11.4. The van der Waals surface area contributed by atoms with Gasteiger partial charge in [-0.15, -0.1) is 9.89 Å². The van der Waals surface area contributed by atoms with Crippen molar-refractivity contribution in [1.29, 1.82) is 0 Å². The number of aromatic nitrogens is 3. The van der Waals surface area contributed by atoms with E-state index in [0.717, 1.165) is 41.0 Å². The van der Waals surface area contributed by atoms with Crippen molar-refractivity contribution < 1.29 is 17.2 Å². The summed E-state index contributed by atoms with van der Waals surface area (Å²) in [7, 11) is -3.24. The van der Waals surface area contributed by atoms with Crippen LogP contribution in [0.4, 0.5) is 17.1 Å². The van der Waals surface area contributed by atoms with Gasteiger partial charge in [-0.05, 0) is 61.9 Å². The van der Waals surface area contributed by atoms with E-state index in [9.17, 15) is 12.6 Å². The molecule has 1 aliphatic heterocycles. The molecule has 0 saturated heterocycles. The van der Waals surface area contributed by atoms with E-state index in [1.807, 2.05) is 32.0 Å². The first kappa shape index (κ1) is 29.5. The fraction of sp³-hybridized carbons (Fsp3) is 0.385. The summed E-state index contributed by atoms with van der Waals surface area (Å²) >= 11 is -2.15. The normalized spacial score (nSPS) is 15.2. The quantitative estimate of drug-likeness (QED) is 0.307. The number of aryl methyl sites for hydroxylation is 1. The van der Waals surface area contributed by atoms with Gasteiger partial charge in [-0.3, -0.25) is 9.27 Å². The molecule has 14 heteroatoms. The molecule has 0 saturated carbocycles. The van der Waals surface area contributed by atoms with Gasteiger partial charge in [0, 0.05) is 42.0 Å². The Morgan fingerprint density at radius 1 is 1.15 bits per heavy atom. The number of benzene rings is 2. The molecule has 2 aromatic carbocycles. The third-order valence-electron chi connectivity index (χ3n) is 6.19. The van der Waals surface area contributed by atoms with Crippen molar-refractivity contribution in [2.75, 3.05) is 35.5 Å². The minimum absolute atomic E-state index is 0.311. The van der Waals surface area contributed by atoms with Gasteiger partial charge in [0.25, 0.3) is 11.3 Å². The first-order valence-electron chi connectivity index (χ1n) is 12.7. The van der Waals surface area contributed by atoms with Gasteiger partial charge in [0.15, 0.2) is 5.82 Å². The molecule has 2 heterocycles. The van der Waals surface area contributed by atoms with Crippen molar-refractivity contribution >= 4 is 49.8 Å². The average Bonchev–Trinajstić information content (AvgIpc) is 3.42. The van der Waals surface area contributed by atoms with Gasteiger partial charge in [-0.25, -0.2) is 27.3 Å². The Morgan fingerprint density at radius 2 is 1.85 bits per heavy atom. The lowest BCUT2D eigenvalue weighted by Gasteiger charge is -2.24. The van der Waals surface area contributed by atoms with Crippen molar-refractivity contribution in [2.24, 2.45) is 15.5 Å². The third-order valence-corrected chi connectivity index (χ3v) is 7.32. The van der Waals surface area contributed by atoms with Gasteiger partial charge in [0.05, 0.1) is 17.7 Å². The fourth-order valence-corrected chi connectivity index (χ4v) is 5.01. The molecule has 1 aliphatic rings. The van der Waals surface area contributed by atoms with Crippen LogP contribution in [0.25, 0.3) is 11.4 Å². The van der Waals surface area contributed by atoms with Crippen LogP contribution in [0.5, 0.6) is 0 Å². The fourth-order valence-electron chi connectivity index (χ4n) is 4.21. The molecule has 0 bridgehead atoms. The summed E-state index contributed by atoms with van der Waals surface area (Å²) in [6, 6.07) is 12.8. The number of hydrogen-bond acceptors (Lipinski definition) is 8. The maximum Gasteiger partial charge on any atom is 0.259 e. The number of aliphatic imine (C=N–C) groups is 1. The SMILES string of the molecule is CCN(CCNS(C)(=O)=O)c1ccc(N=C2C(C(C)(C)C)=Nn3nc(-c4ccc(NS(=O)O)cc4)nc32)c(C)c1. The van der Waals surface area contributed by atoms with Crippen molar-refractivity contribution in [3.8, 4) is 11.4 Å². The highest BCUT2D eigenvalue weighted by Crippen LogP contribution is 2.31. The van der Waals surface area contributed by atoms with Gasteiger partial charge in [-0.2, -0.15) is 5.10 Å². The number of likely N-dealkylation sites (N-methyl/N-ethyl adjacent to an activating group) is 1. The monoisotopic (exact) mass is 586 g/mol. The van der Waals surface area contributed by atoms with Gasteiger partial charge in [-0.1, -0.05) is 20.8 Å². The van der Waals surface area contributed by atoms with Crippen LogP contribution in [0, 0.1) is 12.3 Å². The zero-order chi connectivity index (χ0) is 29.2. The highest BCUT2D eigenvalue weighted by molar-refractivity contribution is 7.88. The predicted molar refractivity (Wildman–Crippen MR) is 160 cm³/mol. The lowest BCUT2D eigenvalue weighted by Crippen LogP contribution is -2.34. The Kier molecular flexibility index (Phi) is 8.54. The number of fused-ring (bicyclic) bond motifs is 1. The van der Waals surface area contributed by atoms with Crippen LogP contribution in [0.1, 0.15) is 39.1 Å². The number of nitrogens with zero attached hydrogens (tertiary/aromatic N) is 6. The van der Waals surface area contributed by atoms with Gasteiger partial charge in [0.1, 0.15) is 5.71 Å². The van der Waals surface area contributed by atoms with Crippen LogP contribution in [0.3, 0.4) is 0 Å². The van der Waals surface area contributed by atoms with E-state index in [-0.39, 0.29) is 5.41 Å². The van der Waals surface area contributed by atoms with Crippen molar-refractivity contribution in [1.82, 2.24) is 19.6 Å². The Hall–Kier alpha value is -3.46. The molecule has 214 valence electrons. The van der Waals surface area contributed by atoms with Gasteiger partial charge in [0.2, 0.25) is 15.8 Å². The minimum atomic E-state index is -3.24. The number of anilines is 2.